The second-order valence-electron chi connectivity index (χ2n) is 6.25. The van der Waals surface area contributed by atoms with Crippen LogP contribution in [0.15, 0.2) is 48.5 Å². The molecule has 142 valence electrons. The summed E-state index contributed by atoms with van der Waals surface area (Å²) in [6.45, 7) is 3.91. The average Bonchev–Trinajstić information content (AvgIpc) is 3.28. The van der Waals surface area contributed by atoms with Crippen LogP contribution in [0.5, 0.6) is 5.75 Å². The second kappa shape index (κ2) is 7.77. The molecule has 1 N–H and O–H groups in total. The van der Waals surface area contributed by atoms with Crippen molar-refractivity contribution in [1.29, 1.82) is 0 Å². The number of ether oxygens (including phenoxy) is 1. The molecule has 28 heavy (non-hydrogen) atoms. The first-order chi connectivity index (χ1) is 13.6. The molecular formula is C20H19N5O2S. The average molecular weight is 393 g/mol. The normalized spacial score (nSPS) is 10.9. The molecule has 0 spiro atoms. The lowest BCUT2D eigenvalue weighted by Crippen LogP contribution is -2.20. The minimum atomic E-state index is -0.216. The smallest absolute Gasteiger partial charge is 0.262 e. The number of nitrogens with zero attached hydrogens (tertiary/aromatic N) is 4. The summed E-state index contributed by atoms with van der Waals surface area (Å²) >= 11 is 1.46. The number of hydrogen-bond donors (Lipinski definition) is 1. The van der Waals surface area contributed by atoms with Crippen molar-refractivity contribution < 1.29 is 9.53 Å². The summed E-state index contributed by atoms with van der Waals surface area (Å²) in [5.41, 5.74) is 2.60. The number of carbonyl (C=O) groups is 1. The van der Waals surface area contributed by atoms with Gasteiger partial charge in [0, 0.05) is 17.7 Å². The van der Waals surface area contributed by atoms with Crippen molar-refractivity contribution in [2.75, 3.05) is 11.9 Å². The molecule has 0 saturated carbocycles. The highest BCUT2D eigenvalue weighted by Gasteiger charge is 2.13. The van der Waals surface area contributed by atoms with Crippen LogP contribution in [0.3, 0.4) is 0 Å². The first-order valence-electron chi connectivity index (χ1n) is 8.94. The Hall–Kier alpha value is -3.26. The molecular weight excluding hydrogens is 374 g/mol. The molecule has 2 aromatic heterocycles. The lowest BCUT2D eigenvalue weighted by Gasteiger charge is -2.10. The van der Waals surface area contributed by atoms with Gasteiger partial charge in [-0.15, -0.1) is 10.2 Å². The predicted octanol–water partition coefficient (Wildman–Crippen LogP) is 3.74. The molecule has 2 heterocycles. The molecule has 0 aliphatic carbocycles. The van der Waals surface area contributed by atoms with Crippen molar-refractivity contribution in [2.24, 2.45) is 0 Å². The highest BCUT2D eigenvalue weighted by atomic mass is 32.1. The van der Waals surface area contributed by atoms with E-state index in [-0.39, 0.29) is 12.5 Å². The van der Waals surface area contributed by atoms with Gasteiger partial charge < -0.3 is 10.1 Å². The fraction of sp³-hybridized carbons (Fsp3) is 0.200. The third kappa shape index (κ3) is 3.72. The summed E-state index contributed by atoms with van der Waals surface area (Å²) in [5, 5.41) is 16.5. The Kier molecular flexibility index (Phi) is 5.03. The van der Waals surface area contributed by atoms with Crippen LogP contribution in [0.1, 0.15) is 18.3 Å². The van der Waals surface area contributed by atoms with E-state index in [4.69, 9.17) is 4.74 Å². The summed E-state index contributed by atoms with van der Waals surface area (Å²) in [5.74, 6) is 1.32. The molecule has 4 rings (SSSR count). The maximum atomic E-state index is 12.3. The summed E-state index contributed by atoms with van der Waals surface area (Å²) < 4.78 is 7.36. The van der Waals surface area contributed by atoms with Crippen LogP contribution in [-0.4, -0.2) is 32.3 Å². The van der Waals surface area contributed by atoms with E-state index >= 15 is 0 Å². The molecule has 4 aromatic rings. The van der Waals surface area contributed by atoms with E-state index in [0.29, 0.717) is 11.4 Å². The fourth-order valence-electron chi connectivity index (χ4n) is 2.78. The number of rotatable bonds is 6. The highest BCUT2D eigenvalue weighted by Crippen LogP contribution is 2.27. The molecule has 2 aromatic carbocycles. The molecule has 7 nitrogen and oxygen atoms in total. The van der Waals surface area contributed by atoms with E-state index in [1.165, 1.54) is 11.3 Å². The van der Waals surface area contributed by atoms with E-state index in [2.05, 4.69) is 20.6 Å². The monoisotopic (exact) mass is 393 g/mol. The van der Waals surface area contributed by atoms with Gasteiger partial charge in [0.05, 0.1) is 0 Å². The highest BCUT2D eigenvalue weighted by molar-refractivity contribution is 7.19. The lowest BCUT2D eigenvalue weighted by molar-refractivity contribution is -0.118. The van der Waals surface area contributed by atoms with Gasteiger partial charge in [0.15, 0.2) is 12.4 Å². The zero-order valence-electron chi connectivity index (χ0n) is 15.5. The number of amides is 1. The SMILES string of the molecule is CCc1nnc2sc(-c3cccc(NC(=O)COc4ccccc4C)c3)nn12. The quantitative estimate of drug-likeness (QED) is 0.540. The third-order valence-electron chi connectivity index (χ3n) is 4.22. The van der Waals surface area contributed by atoms with E-state index < -0.39 is 0 Å². The number of aryl methyl sites for hydroxylation is 2. The molecule has 0 bridgehead atoms. The van der Waals surface area contributed by atoms with Crippen LogP contribution in [0.25, 0.3) is 15.5 Å². The van der Waals surface area contributed by atoms with E-state index in [1.807, 2.05) is 62.4 Å². The molecule has 0 fully saturated rings. The van der Waals surface area contributed by atoms with Gasteiger partial charge in [-0.1, -0.05) is 48.6 Å². The topological polar surface area (TPSA) is 81.4 Å². The minimum Gasteiger partial charge on any atom is -0.483 e. The van der Waals surface area contributed by atoms with Crippen molar-refractivity contribution in [2.45, 2.75) is 20.3 Å². The van der Waals surface area contributed by atoms with Gasteiger partial charge in [-0.3, -0.25) is 4.79 Å². The Morgan fingerprint density at radius 1 is 1.18 bits per heavy atom. The summed E-state index contributed by atoms with van der Waals surface area (Å²) in [6, 6.07) is 15.2. The number of anilines is 1. The van der Waals surface area contributed by atoms with Crippen molar-refractivity contribution in [1.82, 2.24) is 19.8 Å². The van der Waals surface area contributed by atoms with E-state index in [1.54, 1.807) is 4.52 Å². The minimum absolute atomic E-state index is 0.0499. The Labute approximate surface area is 166 Å². The number of nitrogens with one attached hydrogen (secondary N) is 1. The number of aromatic nitrogens is 4. The first-order valence-corrected chi connectivity index (χ1v) is 9.75. The molecule has 0 aliphatic heterocycles. The number of carbonyl (C=O) groups excluding carboxylic acids is 1. The van der Waals surface area contributed by atoms with Crippen LogP contribution in [0, 0.1) is 6.92 Å². The van der Waals surface area contributed by atoms with Crippen molar-refractivity contribution in [3.05, 3.63) is 59.9 Å². The molecule has 8 heteroatoms. The zero-order valence-corrected chi connectivity index (χ0v) is 16.4. The van der Waals surface area contributed by atoms with Crippen LogP contribution < -0.4 is 10.1 Å². The Balaban J connectivity index is 1.46. The van der Waals surface area contributed by atoms with E-state index in [9.17, 15) is 4.79 Å². The molecule has 0 atom stereocenters. The fourth-order valence-corrected chi connectivity index (χ4v) is 3.64. The van der Waals surface area contributed by atoms with Crippen LogP contribution >= 0.6 is 11.3 Å². The van der Waals surface area contributed by atoms with Crippen LogP contribution in [0.4, 0.5) is 5.69 Å². The maximum Gasteiger partial charge on any atom is 0.262 e. The maximum absolute atomic E-state index is 12.3. The van der Waals surface area contributed by atoms with Gasteiger partial charge in [0.2, 0.25) is 4.96 Å². The number of fused-ring (bicyclic) bond motifs is 1. The zero-order chi connectivity index (χ0) is 19.5. The predicted molar refractivity (Wildman–Crippen MR) is 109 cm³/mol. The standard InChI is InChI=1S/C20H19N5O2S/c1-3-17-22-23-20-25(17)24-19(28-20)14-8-6-9-15(11-14)21-18(26)12-27-16-10-5-4-7-13(16)2/h4-11H,3,12H2,1-2H3,(H,21,26). The third-order valence-corrected chi connectivity index (χ3v) is 5.17. The molecule has 1 amide bonds. The van der Waals surface area contributed by atoms with Crippen LogP contribution in [0.2, 0.25) is 0 Å². The van der Waals surface area contributed by atoms with Crippen molar-refractivity contribution >= 4 is 27.9 Å². The Morgan fingerprint density at radius 2 is 2.04 bits per heavy atom. The lowest BCUT2D eigenvalue weighted by atomic mass is 10.2. The van der Waals surface area contributed by atoms with Gasteiger partial charge in [-0.25, -0.2) is 0 Å². The summed E-state index contributed by atoms with van der Waals surface area (Å²) in [6.07, 6.45) is 0.765. The van der Waals surface area contributed by atoms with Crippen LogP contribution in [-0.2, 0) is 11.2 Å². The van der Waals surface area contributed by atoms with Crippen molar-refractivity contribution in [3.63, 3.8) is 0 Å². The van der Waals surface area contributed by atoms with Crippen molar-refractivity contribution in [3.8, 4) is 16.3 Å². The number of benzene rings is 2. The van der Waals surface area contributed by atoms with Gasteiger partial charge in [0.25, 0.3) is 5.91 Å². The summed E-state index contributed by atoms with van der Waals surface area (Å²) in [7, 11) is 0. The van der Waals surface area contributed by atoms with Gasteiger partial charge in [-0.2, -0.15) is 9.61 Å². The number of para-hydroxylation sites is 1. The Morgan fingerprint density at radius 3 is 2.86 bits per heavy atom. The van der Waals surface area contributed by atoms with Gasteiger partial charge >= 0.3 is 0 Å². The number of hydrogen-bond acceptors (Lipinski definition) is 6. The molecule has 0 radical (unpaired) electrons. The van der Waals surface area contributed by atoms with Gasteiger partial charge in [0.1, 0.15) is 10.8 Å². The molecule has 0 saturated heterocycles. The van der Waals surface area contributed by atoms with E-state index in [0.717, 1.165) is 33.3 Å². The van der Waals surface area contributed by atoms with Gasteiger partial charge in [-0.05, 0) is 30.7 Å². The summed E-state index contributed by atoms with van der Waals surface area (Å²) in [4.78, 5) is 13.0. The molecule has 0 aliphatic rings. The second-order valence-corrected chi connectivity index (χ2v) is 7.21. The Bertz CT molecular complexity index is 1130. The first kappa shape index (κ1) is 18.1. The largest absolute Gasteiger partial charge is 0.483 e. The molecule has 0 unspecified atom stereocenters.